The van der Waals surface area contributed by atoms with Crippen LogP contribution in [0.3, 0.4) is 0 Å². The number of likely N-dealkylation sites (N-methyl/N-ethyl adjacent to an activating group) is 1. The highest BCUT2D eigenvalue weighted by Gasteiger charge is 2.30. The first-order valence-corrected chi connectivity index (χ1v) is 7.47. The van der Waals surface area contributed by atoms with E-state index >= 15 is 0 Å². The summed E-state index contributed by atoms with van der Waals surface area (Å²) < 4.78 is 26.3. The van der Waals surface area contributed by atoms with Crippen molar-refractivity contribution < 1.29 is 28.5 Å². The van der Waals surface area contributed by atoms with Gasteiger partial charge in [0.2, 0.25) is 0 Å². The minimum absolute atomic E-state index is 0.493. The van der Waals surface area contributed by atoms with Gasteiger partial charge in [0, 0.05) is 30.8 Å². The molecule has 0 saturated carbocycles. The largest absolute Gasteiger partial charge is 0.508 e. The van der Waals surface area contributed by atoms with Crippen molar-refractivity contribution in [3.8, 4) is 17.2 Å². The molecule has 1 heterocycles. The van der Waals surface area contributed by atoms with E-state index < -0.39 is 12.3 Å². The van der Waals surface area contributed by atoms with Crippen molar-refractivity contribution >= 4 is 11.7 Å². The molecule has 24 heavy (non-hydrogen) atoms. The third kappa shape index (κ3) is 3.73. The zero-order valence-corrected chi connectivity index (χ0v) is 14.6. The molecule has 0 fully saturated rings. The Morgan fingerprint density at radius 3 is 2.21 bits per heavy atom. The molecule has 1 unspecified atom stereocenters. The fourth-order valence-electron chi connectivity index (χ4n) is 2.66. The topological polar surface area (TPSA) is 66.5 Å². The molecule has 1 aromatic rings. The van der Waals surface area contributed by atoms with Gasteiger partial charge in [0.15, 0.2) is 0 Å². The predicted octanol–water partition coefficient (Wildman–Crippen LogP) is 2.19. The summed E-state index contributed by atoms with van der Waals surface area (Å²) in [5, 5.41) is 0. The number of hydrogen-bond acceptors (Lipinski definition) is 7. The molecule has 2 rings (SSSR count). The second-order valence-electron chi connectivity index (χ2n) is 5.35. The molecule has 1 aromatic carbocycles. The lowest BCUT2D eigenvalue weighted by Gasteiger charge is -2.31. The van der Waals surface area contributed by atoms with Gasteiger partial charge in [-0.15, -0.1) is 0 Å². The maximum absolute atomic E-state index is 11.6. The fraction of sp³-hybridized carbons (Fsp3) is 0.471. The summed E-state index contributed by atoms with van der Waals surface area (Å²) in [6.07, 6.45) is 0.768. The average Bonchev–Trinajstić information content (AvgIpc) is 2.60. The average molecular weight is 337 g/mol. The molecule has 1 aliphatic rings. The number of ether oxygens (including phenoxy) is 5. The zero-order chi connectivity index (χ0) is 17.7. The van der Waals surface area contributed by atoms with Crippen molar-refractivity contribution in [1.29, 1.82) is 0 Å². The first kappa shape index (κ1) is 17.9. The van der Waals surface area contributed by atoms with E-state index in [1.807, 2.05) is 18.0 Å². The zero-order valence-electron chi connectivity index (χ0n) is 14.6. The summed E-state index contributed by atoms with van der Waals surface area (Å²) in [4.78, 5) is 13.6. The minimum Gasteiger partial charge on any atom is -0.496 e. The SMILES string of the molecule is COC(=O)OC1CN(C)CC=C1c1c(OC)cc(OC)cc1OC. The molecule has 7 nitrogen and oxygen atoms in total. The molecule has 0 bridgehead atoms. The van der Waals surface area contributed by atoms with Gasteiger partial charge in [-0.05, 0) is 7.05 Å². The van der Waals surface area contributed by atoms with Crippen LogP contribution in [-0.4, -0.2) is 65.7 Å². The quantitative estimate of drug-likeness (QED) is 0.763. The number of carbonyl (C=O) groups is 1. The number of nitrogens with zero attached hydrogens (tertiary/aromatic N) is 1. The highest BCUT2D eigenvalue weighted by Crippen LogP contribution is 2.41. The Kier molecular flexibility index (Phi) is 5.92. The molecule has 0 spiro atoms. The number of benzene rings is 1. The van der Waals surface area contributed by atoms with Gasteiger partial charge >= 0.3 is 6.16 Å². The first-order valence-electron chi connectivity index (χ1n) is 7.47. The Morgan fingerprint density at radius 1 is 1.08 bits per heavy atom. The van der Waals surface area contributed by atoms with Crippen LogP contribution >= 0.6 is 0 Å². The van der Waals surface area contributed by atoms with Gasteiger partial charge in [-0.2, -0.15) is 0 Å². The lowest BCUT2D eigenvalue weighted by molar-refractivity contribution is 0.0440. The van der Waals surface area contributed by atoms with Crippen molar-refractivity contribution in [3.05, 3.63) is 23.8 Å². The molecular weight excluding hydrogens is 314 g/mol. The molecule has 1 aliphatic heterocycles. The highest BCUT2D eigenvalue weighted by atomic mass is 16.7. The van der Waals surface area contributed by atoms with Crippen LogP contribution in [0.5, 0.6) is 17.2 Å². The molecule has 0 aliphatic carbocycles. The number of carbonyl (C=O) groups excluding carboxylic acids is 1. The molecule has 1 atom stereocenters. The van der Waals surface area contributed by atoms with Gasteiger partial charge < -0.3 is 23.7 Å². The van der Waals surface area contributed by atoms with Gasteiger partial charge in [0.25, 0.3) is 0 Å². The Hall–Kier alpha value is -2.41. The molecule has 7 heteroatoms. The molecular formula is C17H23NO6. The van der Waals surface area contributed by atoms with E-state index in [2.05, 4.69) is 4.74 Å². The smallest absolute Gasteiger partial charge is 0.496 e. The summed E-state index contributed by atoms with van der Waals surface area (Å²) in [7, 11) is 7.95. The van der Waals surface area contributed by atoms with E-state index in [-0.39, 0.29) is 0 Å². The summed E-state index contributed by atoms with van der Waals surface area (Å²) >= 11 is 0. The number of hydrogen-bond donors (Lipinski definition) is 0. The second-order valence-corrected chi connectivity index (χ2v) is 5.35. The monoisotopic (exact) mass is 337 g/mol. The fourth-order valence-corrected chi connectivity index (χ4v) is 2.66. The summed E-state index contributed by atoms with van der Waals surface area (Å²) in [5.41, 5.74) is 1.55. The summed E-state index contributed by atoms with van der Waals surface area (Å²) in [6, 6.07) is 3.54. The van der Waals surface area contributed by atoms with Crippen LogP contribution in [0.25, 0.3) is 5.57 Å². The predicted molar refractivity (Wildman–Crippen MR) is 88.9 cm³/mol. The second kappa shape index (κ2) is 7.92. The van der Waals surface area contributed by atoms with Crippen molar-refractivity contribution in [3.63, 3.8) is 0 Å². The van der Waals surface area contributed by atoms with Crippen molar-refractivity contribution in [1.82, 2.24) is 4.90 Å². The number of rotatable bonds is 5. The van der Waals surface area contributed by atoms with Gasteiger partial charge in [0.1, 0.15) is 23.4 Å². The van der Waals surface area contributed by atoms with Gasteiger partial charge in [0.05, 0.1) is 34.0 Å². The third-order valence-corrected chi connectivity index (χ3v) is 3.86. The standard InChI is InChI=1S/C17H23NO6/c1-18-7-6-12(15(10-18)24-17(19)23-5)16-13(21-3)8-11(20-2)9-14(16)22-4/h6,8-9,15H,7,10H2,1-5H3. The van der Waals surface area contributed by atoms with E-state index in [1.165, 1.54) is 7.11 Å². The molecule has 0 N–H and O–H groups in total. The van der Waals surface area contributed by atoms with E-state index in [9.17, 15) is 4.79 Å². The van der Waals surface area contributed by atoms with Crippen LogP contribution in [0.1, 0.15) is 5.56 Å². The lowest BCUT2D eigenvalue weighted by atomic mass is 9.95. The van der Waals surface area contributed by atoms with Crippen molar-refractivity contribution in [2.45, 2.75) is 6.10 Å². The first-order chi connectivity index (χ1) is 11.5. The lowest BCUT2D eigenvalue weighted by Crippen LogP contribution is -2.37. The van der Waals surface area contributed by atoms with Crippen LogP contribution in [0.4, 0.5) is 4.79 Å². The molecule has 0 aromatic heterocycles. The number of methoxy groups -OCH3 is 4. The van der Waals surface area contributed by atoms with E-state index in [0.717, 1.165) is 11.1 Å². The van der Waals surface area contributed by atoms with Crippen LogP contribution in [0.15, 0.2) is 18.2 Å². The molecule has 0 saturated heterocycles. The van der Waals surface area contributed by atoms with Crippen molar-refractivity contribution in [2.24, 2.45) is 0 Å². The van der Waals surface area contributed by atoms with Crippen LogP contribution < -0.4 is 14.2 Å². The van der Waals surface area contributed by atoms with E-state index in [1.54, 1.807) is 33.5 Å². The Labute approximate surface area is 141 Å². The van der Waals surface area contributed by atoms with Gasteiger partial charge in [-0.25, -0.2) is 4.79 Å². The maximum atomic E-state index is 11.6. The summed E-state index contributed by atoms with van der Waals surface area (Å²) in [6.45, 7) is 1.26. The van der Waals surface area contributed by atoms with Crippen LogP contribution in [-0.2, 0) is 9.47 Å². The third-order valence-electron chi connectivity index (χ3n) is 3.86. The minimum atomic E-state index is -0.729. The molecule has 0 radical (unpaired) electrons. The highest BCUT2D eigenvalue weighted by molar-refractivity contribution is 5.81. The molecule has 132 valence electrons. The Bertz CT molecular complexity index is 603. The van der Waals surface area contributed by atoms with E-state index in [4.69, 9.17) is 18.9 Å². The van der Waals surface area contributed by atoms with Crippen LogP contribution in [0.2, 0.25) is 0 Å². The van der Waals surface area contributed by atoms with Crippen molar-refractivity contribution in [2.75, 3.05) is 48.6 Å². The molecule has 0 amide bonds. The maximum Gasteiger partial charge on any atom is 0.508 e. The normalized spacial score (nSPS) is 17.7. The van der Waals surface area contributed by atoms with Crippen LogP contribution in [0, 0.1) is 0 Å². The van der Waals surface area contributed by atoms with Gasteiger partial charge in [-0.3, -0.25) is 4.90 Å². The Morgan fingerprint density at radius 2 is 1.71 bits per heavy atom. The van der Waals surface area contributed by atoms with Gasteiger partial charge in [-0.1, -0.05) is 6.08 Å². The van der Waals surface area contributed by atoms with E-state index in [0.29, 0.717) is 30.3 Å². The summed E-state index contributed by atoms with van der Waals surface area (Å²) in [5.74, 6) is 1.78. The Balaban J connectivity index is 2.52.